The Kier molecular flexibility index (Phi) is 6.60. The number of carbonyl (C=O) groups excluding carboxylic acids is 2. The van der Waals surface area contributed by atoms with Crippen LogP contribution in [0, 0.1) is 11.7 Å². The van der Waals surface area contributed by atoms with Crippen LogP contribution < -0.4 is 0 Å². The Bertz CT molecular complexity index is 974. The average Bonchev–Trinajstić information content (AvgIpc) is 2.74. The molecule has 2 atom stereocenters. The highest BCUT2D eigenvalue weighted by Crippen LogP contribution is 2.25. The van der Waals surface area contributed by atoms with Gasteiger partial charge in [-0.2, -0.15) is 0 Å². The van der Waals surface area contributed by atoms with E-state index < -0.39 is 0 Å². The van der Waals surface area contributed by atoms with Crippen molar-refractivity contribution in [3.63, 3.8) is 0 Å². The highest BCUT2D eigenvalue weighted by atomic mass is 19.1. The zero-order chi connectivity index (χ0) is 20.8. The van der Waals surface area contributed by atoms with Crippen molar-refractivity contribution in [2.75, 3.05) is 6.54 Å². The average molecular weight is 392 g/mol. The molecule has 3 rings (SSSR count). The molecule has 3 aromatic rings. The van der Waals surface area contributed by atoms with E-state index >= 15 is 0 Å². The molecule has 0 aliphatic rings. The third-order valence-electron chi connectivity index (χ3n) is 5.18. The second-order valence-corrected chi connectivity index (χ2v) is 7.43. The van der Waals surface area contributed by atoms with Crippen molar-refractivity contribution in [1.82, 2.24) is 10.0 Å². The Hall–Kier alpha value is -3.21. The van der Waals surface area contributed by atoms with E-state index in [0.717, 1.165) is 21.9 Å². The normalized spacial score (nSPS) is 12.9. The van der Waals surface area contributed by atoms with Crippen LogP contribution in [0.2, 0.25) is 0 Å². The van der Waals surface area contributed by atoms with Crippen LogP contribution in [0.15, 0.2) is 66.7 Å². The van der Waals surface area contributed by atoms with Crippen LogP contribution in [0.1, 0.15) is 31.0 Å². The van der Waals surface area contributed by atoms with Crippen molar-refractivity contribution in [1.29, 1.82) is 0 Å². The van der Waals surface area contributed by atoms with Crippen molar-refractivity contribution in [3.8, 4) is 0 Å². The smallest absolute Gasteiger partial charge is 0.228 e. The van der Waals surface area contributed by atoms with Gasteiger partial charge in [0.2, 0.25) is 12.8 Å². The SMILES string of the molecule is CC(Cc1ccc(F)cc1)CN(C=O)N(C=O)C(C)c1ccc2ccccc2c1. The maximum atomic E-state index is 13.1. The lowest BCUT2D eigenvalue weighted by atomic mass is 10.0. The molecule has 0 N–H and O–H groups in total. The number of rotatable bonds is 9. The molecule has 0 bridgehead atoms. The Morgan fingerprint density at radius 3 is 2.24 bits per heavy atom. The van der Waals surface area contributed by atoms with E-state index in [1.54, 1.807) is 12.1 Å². The third-order valence-corrected chi connectivity index (χ3v) is 5.18. The minimum Gasteiger partial charge on any atom is -0.277 e. The number of amides is 2. The van der Waals surface area contributed by atoms with Gasteiger partial charge in [0.1, 0.15) is 5.82 Å². The van der Waals surface area contributed by atoms with Crippen molar-refractivity contribution in [3.05, 3.63) is 83.7 Å². The first kappa shape index (κ1) is 20.5. The molecule has 0 saturated carbocycles. The summed E-state index contributed by atoms with van der Waals surface area (Å²) in [6.07, 6.45) is 2.06. The molecule has 0 aromatic heterocycles. The van der Waals surface area contributed by atoms with E-state index in [1.165, 1.54) is 22.2 Å². The van der Waals surface area contributed by atoms with Crippen molar-refractivity contribution < 1.29 is 14.0 Å². The topological polar surface area (TPSA) is 40.6 Å². The summed E-state index contributed by atoms with van der Waals surface area (Å²) < 4.78 is 13.1. The standard InChI is InChI=1S/C24H25FN2O2/c1-18(13-20-7-11-24(25)12-8-20)15-26(16-28)27(17-29)19(2)22-10-9-21-5-3-4-6-23(21)14-22/h3-12,14,16-19H,13,15H2,1-2H3. The van der Waals surface area contributed by atoms with E-state index in [9.17, 15) is 14.0 Å². The third kappa shape index (κ3) is 4.99. The maximum Gasteiger partial charge on any atom is 0.228 e. The fourth-order valence-electron chi connectivity index (χ4n) is 3.59. The molecular weight excluding hydrogens is 367 g/mol. The lowest BCUT2D eigenvalue weighted by Gasteiger charge is -2.35. The van der Waals surface area contributed by atoms with Crippen LogP contribution in [0.3, 0.4) is 0 Å². The summed E-state index contributed by atoms with van der Waals surface area (Å²) in [7, 11) is 0. The minimum absolute atomic E-state index is 0.0944. The van der Waals surface area contributed by atoms with Gasteiger partial charge < -0.3 is 0 Å². The zero-order valence-corrected chi connectivity index (χ0v) is 16.7. The van der Waals surface area contributed by atoms with Crippen LogP contribution >= 0.6 is 0 Å². The Labute approximate surface area is 170 Å². The number of carbonyl (C=O) groups is 2. The summed E-state index contributed by atoms with van der Waals surface area (Å²) in [5, 5.41) is 5.06. The van der Waals surface area contributed by atoms with E-state index in [1.807, 2.05) is 56.3 Å². The van der Waals surface area contributed by atoms with E-state index in [2.05, 4.69) is 0 Å². The summed E-state index contributed by atoms with van der Waals surface area (Å²) in [6.45, 7) is 4.29. The molecule has 0 heterocycles. The molecule has 0 radical (unpaired) electrons. The number of hydrazine groups is 1. The number of benzene rings is 3. The molecule has 0 aliphatic carbocycles. The van der Waals surface area contributed by atoms with E-state index in [0.29, 0.717) is 25.8 Å². The van der Waals surface area contributed by atoms with Gasteiger partial charge in [-0.05, 0) is 59.4 Å². The van der Waals surface area contributed by atoms with Gasteiger partial charge >= 0.3 is 0 Å². The molecular formula is C24H25FN2O2. The molecule has 3 aromatic carbocycles. The van der Waals surface area contributed by atoms with E-state index in [-0.39, 0.29) is 17.8 Å². The largest absolute Gasteiger partial charge is 0.277 e. The molecule has 0 saturated heterocycles. The van der Waals surface area contributed by atoms with Crippen molar-refractivity contribution in [2.45, 2.75) is 26.3 Å². The van der Waals surface area contributed by atoms with Crippen LogP contribution in [0.5, 0.6) is 0 Å². The summed E-state index contributed by atoms with van der Waals surface area (Å²) in [6, 6.07) is 20.1. The minimum atomic E-state index is -0.291. The van der Waals surface area contributed by atoms with Gasteiger partial charge in [0.25, 0.3) is 0 Å². The maximum absolute atomic E-state index is 13.1. The fourth-order valence-corrected chi connectivity index (χ4v) is 3.59. The number of hydrogen-bond donors (Lipinski definition) is 0. The summed E-state index contributed by atoms with van der Waals surface area (Å²) in [5.74, 6) is -0.177. The van der Waals surface area contributed by atoms with Crippen molar-refractivity contribution >= 4 is 23.6 Å². The first-order valence-corrected chi connectivity index (χ1v) is 9.70. The molecule has 0 spiro atoms. The molecule has 5 heteroatoms. The number of hydrogen-bond acceptors (Lipinski definition) is 2. The second-order valence-electron chi connectivity index (χ2n) is 7.43. The van der Waals surface area contributed by atoms with Crippen LogP contribution in [-0.2, 0) is 16.0 Å². The molecule has 0 fully saturated rings. The second kappa shape index (κ2) is 9.32. The van der Waals surface area contributed by atoms with Gasteiger partial charge in [-0.25, -0.2) is 9.40 Å². The van der Waals surface area contributed by atoms with Gasteiger partial charge in [0.05, 0.1) is 6.04 Å². The van der Waals surface area contributed by atoms with Crippen LogP contribution in [-0.4, -0.2) is 29.4 Å². The first-order chi connectivity index (χ1) is 14.0. The summed E-state index contributed by atoms with van der Waals surface area (Å²) in [4.78, 5) is 23.6. The number of fused-ring (bicyclic) bond motifs is 1. The van der Waals surface area contributed by atoms with Gasteiger partial charge in [-0.15, -0.1) is 0 Å². The van der Waals surface area contributed by atoms with Gasteiger partial charge in [-0.1, -0.05) is 55.5 Å². The highest BCUT2D eigenvalue weighted by Gasteiger charge is 2.22. The fraction of sp³-hybridized carbons (Fsp3) is 0.250. The van der Waals surface area contributed by atoms with Gasteiger partial charge in [0.15, 0.2) is 0 Å². The molecule has 0 aliphatic heterocycles. The van der Waals surface area contributed by atoms with E-state index in [4.69, 9.17) is 0 Å². The first-order valence-electron chi connectivity index (χ1n) is 9.70. The summed E-state index contributed by atoms with van der Waals surface area (Å²) >= 11 is 0. The van der Waals surface area contributed by atoms with Crippen LogP contribution in [0.4, 0.5) is 4.39 Å². The quantitative estimate of drug-likeness (QED) is 0.389. The lowest BCUT2D eigenvalue weighted by molar-refractivity contribution is -0.152. The van der Waals surface area contributed by atoms with Gasteiger partial charge in [-0.3, -0.25) is 14.6 Å². The van der Waals surface area contributed by atoms with Crippen LogP contribution in [0.25, 0.3) is 10.8 Å². The lowest BCUT2D eigenvalue weighted by Crippen LogP contribution is -2.44. The molecule has 2 unspecified atom stereocenters. The molecule has 29 heavy (non-hydrogen) atoms. The predicted octanol–water partition coefficient (Wildman–Crippen LogP) is 4.75. The number of nitrogens with zero attached hydrogens (tertiary/aromatic N) is 2. The van der Waals surface area contributed by atoms with Gasteiger partial charge in [0, 0.05) is 6.54 Å². The Morgan fingerprint density at radius 1 is 0.897 bits per heavy atom. The Balaban J connectivity index is 1.73. The highest BCUT2D eigenvalue weighted by molar-refractivity contribution is 5.83. The zero-order valence-electron chi connectivity index (χ0n) is 16.7. The van der Waals surface area contributed by atoms with Crippen molar-refractivity contribution in [2.24, 2.45) is 5.92 Å². The monoisotopic (exact) mass is 392 g/mol. The predicted molar refractivity (Wildman–Crippen MR) is 112 cm³/mol. The summed E-state index contributed by atoms with van der Waals surface area (Å²) in [5.41, 5.74) is 1.94. The number of halogens is 1. The molecule has 150 valence electrons. The molecule has 2 amide bonds. The molecule has 4 nitrogen and oxygen atoms in total. The Morgan fingerprint density at radius 2 is 1.59 bits per heavy atom.